The average molecular weight is 254 g/mol. The molecule has 0 bridgehead atoms. The predicted molar refractivity (Wildman–Crippen MR) is 76.8 cm³/mol. The lowest BCUT2D eigenvalue weighted by Crippen LogP contribution is -2.00. The number of rotatable bonds is 6. The van der Waals surface area contributed by atoms with Crippen molar-refractivity contribution in [1.82, 2.24) is 0 Å². The van der Waals surface area contributed by atoms with Gasteiger partial charge in [0.15, 0.2) is 0 Å². The summed E-state index contributed by atoms with van der Waals surface area (Å²) in [6.45, 7) is 2.77. The van der Waals surface area contributed by atoms with Gasteiger partial charge in [0, 0.05) is 5.56 Å². The average Bonchev–Trinajstić information content (AvgIpc) is 2.44. The molecule has 0 fully saturated rings. The minimum Gasteiger partial charge on any atom is -0.494 e. The van der Waals surface area contributed by atoms with Crippen LogP contribution in [0.15, 0.2) is 48.5 Å². The van der Waals surface area contributed by atoms with Crippen LogP contribution in [-0.2, 0) is 6.42 Å². The number of aldehydes is 1. The standard InChI is InChI=1S/C17H18O2/c1-14-5-2-6-15(11-14)8-4-10-19-17-9-3-7-16(12-17)13-18/h2-3,5-7,9,11-13H,4,8,10H2,1H3. The van der Waals surface area contributed by atoms with E-state index >= 15 is 0 Å². The second-order valence-electron chi connectivity index (χ2n) is 4.63. The van der Waals surface area contributed by atoms with Crippen LogP contribution in [0, 0.1) is 6.92 Å². The van der Waals surface area contributed by atoms with Crippen LogP contribution in [0.4, 0.5) is 0 Å². The number of carbonyl (C=O) groups excluding carboxylic acids is 1. The first-order valence-corrected chi connectivity index (χ1v) is 6.51. The zero-order valence-corrected chi connectivity index (χ0v) is 11.1. The minimum absolute atomic E-state index is 0.649. The summed E-state index contributed by atoms with van der Waals surface area (Å²) in [6.07, 6.45) is 2.81. The van der Waals surface area contributed by atoms with Crippen molar-refractivity contribution in [3.8, 4) is 5.75 Å². The molecule has 0 heterocycles. The zero-order chi connectivity index (χ0) is 13.5. The van der Waals surface area contributed by atoms with Gasteiger partial charge in [-0.2, -0.15) is 0 Å². The van der Waals surface area contributed by atoms with Crippen molar-refractivity contribution >= 4 is 6.29 Å². The van der Waals surface area contributed by atoms with Crippen molar-refractivity contribution in [2.24, 2.45) is 0 Å². The summed E-state index contributed by atoms with van der Waals surface area (Å²) in [5, 5.41) is 0. The Bertz CT molecular complexity index is 546. The van der Waals surface area contributed by atoms with Gasteiger partial charge in [0.05, 0.1) is 6.61 Å². The van der Waals surface area contributed by atoms with E-state index in [4.69, 9.17) is 4.74 Å². The number of hydrogen-bond donors (Lipinski definition) is 0. The van der Waals surface area contributed by atoms with Crippen molar-refractivity contribution in [2.75, 3.05) is 6.61 Å². The fourth-order valence-corrected chi connectivity index (χ4v) is 2.01. The molecule has 0 aliphatic carbocycles. The normalized spacial score (nSPS) is 10.2. The summed E-state index contributed by atoms with van der Waals surface area (Å²) < 4.78 is 5.64. The molecule has 2 aromatic carbocycles. The van der Waals surface area contributed by atoms with Crippen LogP contribution in [0.25, 0.3) is 0 Å². The van der Waals surface area contributed by atoms with E-state index in [0.29, 0.717) is 12.2 Å². The molecule has 0 atom stereocenters. The SMILES string of the molecule is Cc1cccc(CCCOc2cccc(C=O)c2)c1. The Labute approximate surface area is 114 Å². The molecule has 19 heavy (non-hydrogen) atoms. The van der Waals surface area contributed by atoms with Crippen LogP contribution in [-0.4, -0.2) is 12.9 Å². The maximum atomic E-state index is 10.7. The smallest absolute Gasteiger partial charge is 0.150 e. The summed E-state index contributed by atoms with van der Waals surface area (Å²) in [6, 6.07) is 15.8. The Morgan fingerprint density at radius 1 is 1.11 bits per heavy atom. The molecule has 0 spiro atoms. The molecule has 2 aromatic rings. The molecule has 0 N–H and O–H groups in total. The first-order valence-electron chi connectivity index (χ1n) is 6.51. The van der Waals surface area contributed by atoms with Crippen LogP contribution >= 0.6 is 0 Å². The highest BCUT2D eigenvalue weighted by Gasteiger charge is 1.97. The number of carbonyl (C=O) groups is 1. The van der Waals surface area contributed by atoms with E-state index in [-0.39, 0.29) is 0 Å². The quantitative estimate of drug-likeness (QED) is 0.578. The van der Waals surface area contributed by atoms with Gasteiger partial charge < -0.3 is 4.74 Å². The molecule has 0 aliphatic rings. The zero-order valence-electron chi connectivity index (χ0n) is 11.1. The Hall–Kier alpha value is -2.09. The molecule has 0 aliphatic heterocycles. The van der Waals surface area contributed by atoms with Crippen LogP contribution in [0.3, 0.4) is 0 Å². The molecule has 0 amide bonds. The Morgan fingerprint density at radius 3 is 2.74 bits per heavy atom. The lowest BCUT2D eigenvalue weighted by Gasteiger charge is -2.07. The third-order valence-electron chi connectivity index (χ3n) is 2.96. The molecular weight excluding hydrogens is 236 g/mol. The lowest BCUT2D eigenvalue weighted by molar-refractivity contribution is 0.112. The molecule has 0 radical (unpaired) electrons. The first-order chi connectivity index (χ1) is 9.28. The maximum absolute atomic E-state index is 10.7. The highest BCUT2D eigenvalue weighted by Crippen LogP contribution is 2.13. The lowest BCUT2D eigenvalue weighted by atomic mass is 10.1. The summed E-state index contributed by atoms with van der Waals surface area (Å²) in [5.74, 6) is 0.758. The number of hydrogen-bond acceptors (Lipinski definition) is 2. The second-order valence-corrected chi connectivity index (χ2v) is 4.63. The fourth-order valence-electron chi connectivity index (χ4n) is 2.01. The third-order valence-corrected chi connectivity index (χ3v) is 2.96. The highest BCUT2D eigenvalue weighted by atomic mass is 16.5. The summed E-state index contributed by atoms with van der Waals surface area (Å²) in [5.41, 5.74) is 3.28. The molecule has 0 saturated carbocycles. The van der Waals surface area contributed by atoms with Crippen LogP contribution in [0.2, 0.25) is 0 Å². The van der Waals surface area contributed by atoms with Crippen molar-refractivity contribution in [1.29, 1.82) is 0 Å². The largest absolute Gasteiger partial charge is 0.494 e. The molecule has 98 valence electrons. The van der Waals surface area contributed by atoms with Gasteiger partial charge in [-0.3, -0.25) is 4.79 Å². The second kappa shape index (κ2) is 6.74. The van der Waals surface area contributed by atoms with Crippen LogP contribution in [0.1, 0.15) is 27.9 Å². The monoisotopic (exact) mass is 254 g/mol. The van der Waals surface area contributed by atoms with Crippen molar-refractivity contribution < 1.29 is 9.53 Å². The first kappa shape index (κ1) is 13.3. The van der Waals surface area contributed by atoms with Crippen molar-refractivity contribution in [3.63, 3.8) is 0 Å². The van der Waals surface area contributed by atoms with Crippen molar-refractivity contribution in [3.05, 3.63) is 65.2 Å². The van der Waals surface area contributed by atoms with E-state index in [9.17, 15) is 4.79 Å². The Morgan fingerprint density at radius 2 is 1.95 bits per heavy atom. The van der Waals surface area contributed by atoms with E-state index in [1.807, 2.05) is 12.1 Å². The van der Waals surface area contributed by atoms with Gasteiger partial charge in [-0.25, -0.2) is 0 Å². The van der Waals surface area contributed by atoms with Gasteiger partial charge in [-0.1, -0.05) is 42.0 Å². The van der Waals surface area contributed by atoms with Gasteiger partial charge in [0.1, 0.15) is 12.0 Å². The summed E-state index contributed by atoms with van der Waals surface area (Å²) in [7, 11) is 0. The molecule has 2 heteroatoms. The highest BCUT2D eigenvalue weighted by molar-refractivity contribution is 5.75. The molecular formula is C17H18O2. The van der Waals surface area contributed by atoms with E-state index in [0.717, 1.165) is 24.9 Å². The van der Waals surface area contributed by atoms with Gasteiger partial charge in [0.25, 0.3) is 0 Å². The fraction of sp³-hybridized carbons (Fsp3) is 0.235. The van der Waals surface area contributed by atoms with Crippen molar-refractivity contribution in [2.45, 2.75) is 19.8 Å². The Kier molecular flexibility index (Phi) is 4.73. The van der Waals surface area contributed by atoms with E-state index in [2.05, 4.69) is 31.2 Å². The summed E-state index contributed by atoms with van der Waals surface area (Å²) >= 11 is 0. The number of aryl methyl sites for hydroxylation is 2. The molecule has 0 saturated heterocycles. The number of ether oxygens (including phenoxy) is 1. The predicted octanol–water partition coefficient (Wildman–Crippen LogP) is 3.82. The van der Waals surface area contributed by atoms with Gasteiger partial charge in [-0.15, -0.1) is 0 Å². The van der Waals surface area contributed by atoms with E-state index < -0.39 is 0 Å². The van der Waals surface area contributed by atoms with Crippen LogP contribution < -0.4 is 4.74 Å². The van der Waals surface area contributed by atoms with Gasteiger partial charge in [-0.05, 0) is 37.5 Å². The summed E-state index contributed by atoms with van der Waals surface area (Å²) in [4.78, 5) is 10.7. The number of benzene rings is 2. The van der Waals surface area contributed by atoms with E-state index in [1.165, 1.54) is 11.1 Å². The topological polar surface area (TPSA) is 26.3 Å². The molecule has 2 nitrogen and oxygen atoms in total. The minimum atomic E-state index is 0.649. The molecule has 0 unspecified atom stereocenters. The van der Waals surface area contributed by atoms with Gasteiger partial charge >= 0.3 is 0 Å². The van der Waals surface area contributed by atoms with Gasteiger partial charge in [0.2, 0.25) is 0 Å². The molecule has 0 aromatic heterocycles. The Balaban J connectivity index is 1.79. The van der Waals surface area contributed by atoms with Crippen LogP contribution in [0.5, 0.6) is 5.75 Å². The third kappa shape index (κ3) is 4.25. The van der Waals surface area contributed by atoms with E-state index in [1.54, 1.807) is 12.1 Å². The molecule has 2 rings (SSSR count). The maximum Gasteiger partial charge on any atom is 0.150 e.